The van der Waals surface area contributed by atoms with Crippen LogP contribution in [-0.4, -0.2) is 23.6 Å². The van der Waals surface area contributed by atoms with Gasteiger partial charge >= 0.3 is 6.09 Å². The maximum Gasteiger partial charge on any atom is 0.408 e. The van der Waals surface area contributed by atoms with Crippen molar-refractivity contribution >= 4 is 33.6 Å². The van der Waals surface area contributed by atoms with Gasteiger partial charge in [-0.2, -0.15) is 0 Å². The molecule has 3 aromatic rings. The Morgan fingerprint density at radius 3 is 2.35 bits per heavy atom. The molecule has 194 valence electrons. The first-order chi connectivity index (χ1) is 17.4. The van der Waals surface area contributed by atoms with Crippen LogP contribution in [0.2, 0.25) is 0 Å². The molecule has 0 aliphatic carbocycles. The Morgan fingerprint density at radius 2 is 1.70 bits per heavy atom. The zero-order valence-corrected chi connectivity index (χ0v) is 22.2. The van der Waals surface area contributed by atoms with Gasteiger partial charge in [0.2, 0.25) is 5.91 Å². The molecule has 37 heavy (non-hydrogen) atoms. The van der Waals surface area contributed by atoms with E-state index >= 15 is 8.78 Å². The average Bonchev–Trinajstić information content (AvgIpc) is 2.88. The molecule has 1 aliphatic heterocycles. The van der Waals surface area contributed by atoms with Crippen molar-refractivity contribution in [2.24, 2.45) is 0 Å². The number of alkyl halides is 2. The zero-order valence-electron chi connectivity index (χ0n) is 20.6. The fourth-order valence-corrected chi connectivity index (χ4v) is 4.34. The van der Waals surface area contributed by atoms with E-state index in [9.17, 15) is 9.59 Å². The van der Waals surface area contributed by atoms with Crippen LogP contribution in [-0.2, 0) is 22.0 Å². The molecule has 1 atom stereocenters. The summed E-state index contributed by atoms with van der Waals surface area (Å²) in [7, 11) is 0. The van der Waals surface area contributed by atoms with E-state index in [2.05, 4.69) is 21.2 Å². The molecule has 0 aromatic heterocycles. The van der Waals surface area contributed by atoms with Gasteiger partial charge < -0.3 is 19.7 Å². The zero-order chi connectivity index (χ0) is 26.8. The van der Waals surface area contributed by atoms with Crippen LogP contribution >= 0.6 is 15.9 Å². The smallest absolute Gasteiger partial charge is 0.408 e. The molecule has 0 spiro atoms. The highest BCUT2D eigenvalue weighted by atomic mass is 79.9. The molecule has 1 heterocycles. The second-order valence-corrected chi connectivity index (χ2v) is 10.7. The van der Waals surface area contributed by atoms with Crippen LogP contribution in [0.4, 0.5) is 19.3 Å². The number of hydrogen-bond donors (Lipinski definition) is 1. The number of benzene rings is 3. The van der Waals surface area contributed by atoms with E-state index in [1.165, 1.54) is 23.1 Å². The SMILES string of the molecule is CC(C)(C)OC(=O)NC1CC(F)(F)c2ccc(Br)cc2N(Cc2ccc(Oc3ccccc3)cc2)C1=O. The van der Waals surface area contributed by atoms with Crippen LogP contribution in [0.25, 0.3) is 0 Å². The van der Waals surface area contributed by atoms with E-state index in [1.807, 2.05) is 30.3 Å². The lowest BCUT2D eigenvalue weighted by Gasteiger charge is -2.27. The van der Waals surface area contributed by atoms with Gasteiger partial charge in [-0.15, -0.1) is 0 Å². The molecule has 2 amide bonds. The second kappa shape index (κ2) is 10.5. The van der Waals surface area contributed by atoms with E-state index in [-0.39, 0.29) is 17.8 Å². The Kier molecular flexibility index (Phi) is 7.54. The van der Waals surface area contributed by atoms with Gasteiger partial charge in [0.1, 0.15) is 23.1 Å². The lowest BCUT2D eigenvalue weighted by Crippen LogP contribution is -2.49. The molecule has 6 nitrogen and oxygen atoms in total. The van der Waals surface area contributed by atoms with Gasteiger partial charge in [0.25, 0.3) is 5.92 Å². The first-order valence-electron chi connectivity index (χ1n) is 11.7. The van der Waals surface area contributed by atoms with Crippen LogP contribution in [0.5, 0.6) is 11.5 Å². The number of carbonyl (C=O) groups is 2. The number of rotatable bonds is 5. The number of anilines is 1. The van der Waals surface area contributed by atoms with Gasteiger partial charge in [-0.3, -0.25) is 4.79 Å². The fourth-order valence-electron chi connectivity index (χ4n) is 3.99. The number of alkyl carbamates (subject to hydrolysis) is 1. The Hall–Kier alpha value is -3.46. The maximum absolute atomic E-state index is 15.4. The Bertz CT molecular complexity index is 1280. The van der Waals surface area contributed by atoms with E-state index < -0.39 is 36.0 Å². The largest absolute Gasteiger partial charge is 0.457 e. The van der Waals surface area contributed by atoms with Gasteiger partial charge in [-0.25, -0.2) is 13.6 Å². The number of amides is 2. The molecule has 9 heteroatoms. The topological polar surface area (TPSA) is 67.9 Å². The van der Waals surface area contributed by atoms with Gasteiger partial charge in [0, 0.05) is 16.5 Å². The first kappa shape index (κ1) is 26.6. The number of ether oxygens (including phenoxy) is 2. The minimum absolute atomic E-state index is 0.0104. The molecule has 1 N–H and O–H groups in total. The average molecular weight is 573 g/mol. The standard InChI is InChI=1S/C28H27BrF2N2O4/c1-27(2,3)37-26(35)32-23-16-28(30,31)22-14-11-19(29)15-24(22)33(25(23)34)17-18-9-12-21(13-10-18)36-20-7-5-4-6-8-20/h4-15,23H,16-17H2,1-3H3,(H,32,35). The monoisotopic (exact) mass is 572 g/mol. The minimum Gasteiger partial charge on any atom is -0.457 e. The summed E-state index contributed by atoms with van der Waals surface area (Å²) in [4.78, 5) is 27.3. The van der Waals surface area contributed by atoms with Crippen molar-refractivity contribution < 1.29 is 27.8 Å². The molecule has 0 radical (unpaired) electrons. The van der Waals surface area contributed by atoms with E-state index in [1.54, 1.807) is 45.0 Å². The third kappa shape index (κ3) is 6.65. The Morgan fingerprint density at radius 1 is 1.05 bits per heavy atom. The predicted octanol–water partition coefficient (Wildman–Crippen LogP) is 7.16. The summed E-state index contributed by atoms with van der Waals surface area (Å²) in [5.41, 5.74) is -0.373. The van der Waals surface area contributed by atoms with Crippen molar-refractivity contribution in [3.63, 3.8) is 0 Å². The molecule has 3 aromatic carbocycles. The van der Waals surface area contributed by atoms with Crippen LogP contribution in [0.3, 0.4) is 0 Å². The summed E-state index contributed by atoms with van der Waals surface area (Å²) < 4.78 is 42.3. The molecule has 0 bridgehead atoms. The molecule has 0 saturated carbocycles. The summed E-state index contributed by atoms with van der Waals surface area (Å²) in [6.45, 7) is 4.97. The van der Waals surface area contributed by atoms with Crippen molar-refractivity contribution in [1.29, 1.82) is 0 Å². The molecule has 0 saturated heterocycles. The lowest BCUT2D eigenvalue weighted by atomic mass is 10.0. The summed E-state index contributed by atoms with van der Waals surface area (Å²) in [5.74, 6) is -2.76. The van der Waals surface area contributed by atoms with Crippen molar-refractivity contribution in [2.75, 3.05) is 4.90 Å². The normalized spacial score (nSPS) is 17.0. The molecule has 4 rings (SSSR count). The summed E-state index contributed by atoms with van der Waals surface area (Å²) in [6, 6.07) is 19.1. The maximum atomic E-state index is 15.4. The first-order valence-corrected chi connectivity index (χ1v) is 12.5. The second-order valence-electron chi connectivity index (χ2n) is 9.75. The molecule has 1 aliphatic rings. The van der Waals surface area contributed by atoms with Crippen molar-refractivity contribution in [3.8, 4) is 11.5 Å². The van der Waals surface area contributed by atoms with Crippen molar-refractivity contribution in [3.05, 3.63) is 88.4 Å². The van der Waals surface area contributed by atoms with Crippen LogP contribution < -0.4 is 15.0 Å². The van der Waals surface area contributed by atoms with E-state index in [4.69, 9.17) is 9.47 Å². The van der Waals surface area contributed by atoms with Crippen molar-refractivity contribution in [1.82, 2.24) is 5.32 Å². The van der Waals surface area contributed by atoms with Gasteiger partial charge in [0.05, 0.1) is 12.2 Å². The van der Waals surface area contributed by atoms with Gasteiger partial charge in [0.15, 0.2) is 0 Å². The molecule has 0 fully saturated rings. The van der Waals surface area contributed by atoms with Crippen LogP contribution in [0.1, 0.15) is 38.3 Å². The van der Waals surface area contributed by atoms with E-state index in [0.717, 1.165) is 0 Å². The van der Waals surface area contributed by atoms with Gasteiger partial charge in [-0.05, 0) is 68.8 Å². The molecular formula is C28H27BrF2N2O4. The predicted molar refractivity (Wildman–Crippen MR) is 140 cm³/mol. The number of para-hydroxylation sites is 1. The van der Waals surface area contributed by atoms with Gasteiger partial charge in [-0.1, -0.05) is 46.3 Å². The third-order valence-corrected chi connectivity index (χ3v) is 6.10. The van der Waals surface area contributed by atoms with E-state index in [0.29, 0.717) is 21.5 Å². The van der Waals surface area contributed by atoms with Crippen LogP contribution in [0, 0.1) is 0 Å². The number of nitrogens with one attached hydrogen (secondary N) is 1. The number of nitrogens with zero attached hydrogens (tertiary/aromatic N) is 1. The third-order valence-electron chi connectivity index (χ3n) is 5.60. The minimum atomic E-state index is -3.37. The Labute approximate surface area is 222 Å². The fraction of sp³-hybridized carbons (Fsp3) is 0.286. The molecular weight excluding hydrogens is 546 g/mol. The number of hydrogen-bond acceptors (Lipinski definition) is 4. The highest BCUT2D eigenvalue weighted by molar-refractivity contribution is 9.10. The summed E-state index contributed by atoms with van der Waals surface area (Å²) in [5, 5.41) is 2.36. The lowest BCUT2D eigenvalue weighted by molar-refractivity contribution is -0.123. The number of fused-ring (bicyclic) bond motifs is 1. The summed E-state index contributed by atoms with van der Waals surface area (Å²) >= 11 is 3.33. The highest BCUT2D eigenvalue weighted by Crippen LogP contribution is 2.43. The van der Waals surface area contributed by atoms with Crippen LogP contribution in [0.15, 0.2) is 77.3 Å². The molecule has 1 unspecified atom stereocenters. The number of halogens is 3. The summed E-state index contributed by atoms with van der Waals surface area (Å²) in [6.07, 6.45) is -1.82. The Balaban J connectivity index is 1.63. The van der Waals surface area contributed by atoms with Crippen molar-refractivity contribution in [2.45, 2.75) is 51.3 Å². The quantitative estimate of drug-likeness (QED) is 0.352. The number of carbonyl (C=O) groups excluding carboxylic acids is 2. The highest BCUT2D eigenvalue weighted by Gasteiger charge is 2.46.